The first-order valence-corrected chi connectivity index (χ1v) is 15.3. The summed E-state index contributed by atoms with van der Waals surface area (Å²) in [5.41, 5.74) is 4.49. The molecule has 0 radical (unpaired) electrons. The summed E-state index contributed by atoms with van der Waals surface area (Å²) in [6, 6.07) is 5.50. The summed E-state index contributed by atoms with van der Waals surface area (Å²) < 4.78 is 43.0. The Hall–Kier alpha value is -2.67. The lowest BCUT2D eigenvalue weighted by Gasteiger charge is -2.27. The summed E-state index contributed by atoms with van der Waals surface area (Å²) in [6.07, 6.45) is 5.65. The average Bonchev–Trinajstić information content (AvgIpc) is 3.32. The lowest BCUT2D eigenvalue weighted by Crippen LogP contribution is -2.35. The number of amides is 1. The van der Waals surface area contributed by atoms with Crippen LogP contribution < -0.4 is 10.6 Å². The Balaban J connectivity index is 1.35. The fraction of sp³-hybridized carbons (Fsp3) is 0.435. The van der Waals surface area contributed by atoms with Crippen LogP contribution in [-0.4, -0.2) is 62.7 Å². The van der Waals surface area contributed by atoms with Gasteiger partial charge in [-0.3, -0.25) is 13.9 Å². The zero-order chi connectivity index (χ0) is 24.8. The number of aromatic amines is 1. The quantitative estimate of drug-likeness (QED) is 0.298. The van der Waals surface area contributed by atoms with Crippen molar-refractivity contribution in [2.24, 2.45) is 5.92 Å². The van der Waals surface area contributed by atoms with Gasteiger partial charge in [0.25, 0.3) is 0 Å². The van der Waals surface area contributed by atoms with Gasteiger partial charge in [-0.1, -0.05) is 0 Å². The average molecular weight is 520 g/mol. The molecule has 12 heteroatoms. The fourth-order valence-corrected chi connectivity index (χ4v) is 7.18. The number of fused-ring (bicyclic) bond motifs is 4. The Morgan fingerprint density at radius 2 is 2.09 bits per heavy atom. The third kappa shape index (κ3) is 5.01. The number of nitrogens with zero attached hydrogens (tertiary/aromatic N) is 2. The predicted octanol–water partition coefficient (Wildman–Crippen LogP) is 3.02. The molecule has 5 N–H and O–H groups in total. The first kappa shape index (κ1) is 24.0. The van der Waals surface area contributed by atoms with Crippen molar-refractivity contribution in [3.63, 3.8) is 0 Å². The van der Waals surface area contributed by atoms with Crippen LogP contribution >= 0.6 is 10.6 Å². The van der Waals surface area contributed by atoms with E-state index in [1.165, 1.54) is 12.6 Å². The van der Waals surface area contributed by atoms with Crippen molar-refractivity contribution in [3.05, 3.63) is 41.3 Å². The highest BCUT2D eigenvalue weighted by atomic mass is 32.3. The van der Waals surface area contributed by atoms with E-state index in [2.05, 4.69) is 25.6 Å². The fourth-order valence-electron chi connectivity index (χ4n) is 4.92. The number of rotatable bonds is 7. The molecule has 0 fully saturated rings. The standard InChI is InChI=1S/C23H29N5O5S2/c1-34(30,31)9-2-8-24-23(29)15-3-5-18-17(12-15)20-21(25-13-26-22(20)28-18)27-16-4-6-19-14(11-16)7-10-35(19,32)33/h4,6,11,13,15,32-33H,2-3,5,7-10,12H2,1H3,(H,24,29)(H2,25,26,27,28)/t15-/m0/s1. The topological polar surface area (TPSA) is 157 Å². The van der Waals surface area contributed by atoms with Crippen LogP contribution in [0, 0.1) is 5.92 Å². The lowest BCUT2D eigenvalue weighted by atomic mass is 9.86. The van der Waals surface area contributed by atoms with E-state index >= 15 is 0 Å². The molecule has 2 aromatic heterocycles. The Morgan fingerprint density at radius 1 is 1.26 bits per heavy atom. The molecule has 1 aromatic carbocycles. The maximum Gasteiger partial charge on any atom is 0.223 e. The van der Waals surface area contributed by atoms with E-state index in [0.717, 1.165) is 27.9 Å². The van der Waals surface area contributed by atoms with Gasteiger partial charge in [0.05, 0.1) is 16.0 Å². The summed E-state index contributed by atoms with van der Waals surface area (Å²) in [7, 11) is -5.73. The second kappa shape index (κ2) is 9.08. The Kier molecular flexibility index (Phi) is 6.24. The second-order valence-electron chi connectivity index (χ2n) is 9.31. The van der Waals surface area contributed by atoms with Crippen molar-refractivity contribution in [3.8, 4) is 0 Å². The highest BCUT2D eigenvalue weighted by Gasteiger charge is 2.30. The Bertz CT molecular complexity index is 1400. The van der Waals surface area contributed by atoms with Crippen molar-refractivity contribution >= 4 is 48.9 Å². The molecule has 10 nitrogen and oxygen atoms in total. The van der Waals surface area contributed by atoms with E-state index in [4.69, 9.17) is 0 Å². The molecule has 0 saturated heterocycles. The van der Waals surface area contributed by atoms with Crippen molar-refractivity contribution in [2.75, 3.05) is 29.6 Å². The molecular formula is C23H29N5O5S2. The van der Waals surface area contributed by atoms with E-state index in [1.54, 1.807) is 6.07 Å². The minimum absolute atomic E-state index is 0.0541. The molecule has 0 bridgehead atoms. The number of aromatic nitrogens is 3. The lowest BCUT2D eigenvalue weighted by molar-refractivity contribution is -0.125. The number of carbonyl (C=O) groups excluding carboxylic acids is 1. The van der Waals surface area contributed by atoms with Gasteiger partial charge >= 0.3 is 0 Å². The number of benzene rings is 1. The van der Waals surface area contributed by atoms with E-state index < -0.39 is 20.4 Å². The number of sulfone groups is 1. The molecular weight excluding hydrogens is 490 g/mol. The number of H-pyrrole nitrogens is 1. The predicted molar refractivity (Wildman–Crippen MR) is 136 cm³/mol. The van der Waals surface area contributed by atoms with Gasteiger partial charge in [0.2, 0.25) is 5.91 Å². The van der Waals surface area contributed by atoms with Gasteiger partial charge in [0, 0.05) is 35.9 Å². The zero-order valence-electron chi connectivity index (χ0n) is 19.4. The van der Waals surface area contributed by atoms with Crippen LogP contribution in [0.5, 0.6) is 0 Å². The Morgan fingerprint density at radius 3 is 2.89 bits per heavy atom. The first-order valence-electron chi connectivity index (χ1n) is 11.6. The molecule has 1 aliphatic carbocycles. The number of nitrogens with one attached hydrogen (secondary N) is 3. The van der Waals surface area contributed by atoms with Crippen LogP contribution in [-0.2, 0) is 33.9 Å². The van der Waals surface area contributed by atoms with Gasteiger partial charge < -0.3 is 15.6 Å². The molecule has 0 spiro atoms. The van der Waals surface area contributed by atoms with Crippen molar-refractivity contribution in [2.45, 2.75) is 37.0 Å². The summed E-state index contributed by atoms with van der Waals surface area (Å²) in [6.45, 7) is 0.335. The molecule has 0 unspecified atom stereocenters. The van der Waals surface area contributed by atoms with Crippen molar-refractivity contribution in [1.29, 1.82) is 0 Å². The van der Waals surface area contributed by atoms with Crippen LogP contribution in [0.15, 0.2) is 29.4 Å². The van der Waals surface area contributed by atoms with Crippen LogP contribution in [0.4, 0.5) is 11.5 Å². The van der Waals surface area contributed by atoms with Gasteiger partial charge in [0.15, 0.2) is 0 Å². The van der Waals surface area contributed by atoms with E-state index in [0.29, 0.717) is 60.8 Å². The third-order valence-electron chi connectivity index (χ3n) is 6.67. The van der Waals surface area contributed by atoms with Gasteiger partial charge in [0.1, 0.15) is 27.6 Å². The van der Waals surface area contributed by atoms with Crippen molar-refractivity contribution in [1.82, 2.24) is 20.3 Å². The minimum Gasteiger partial charge on any atom is -0.356 e. The molecule has 5 rings (SSSR count). The van der Waals surface area contributed by atoms with Gasteiger partial charge in [-0.15, -0.1) is 0 Å². The van der Waals surface area contributed by atoms with Gasteiger partial charge in [-0.05, 0) is 61.4 Å². The highest BCUT2D eigenvalue weighted by molar-refractivity contribution is 8.24. The molecule has 1 amide bonds. The molecule has 0 saturated carbocycles. The molecule has 35 heavy (non-hydrogen) atoms. The van der Waals surface area contributed by atoms with E-state index in [-0.39, 0.29) is 17.6 Å². The molecule has 3 aromatic rings. The van der Waals surface area contributed by atoms with E-state index in [9.17, 15) is 22.3 Å². The van der Waals surface area contributed by atoms with Crippen LogP contribution in [0.1, 0.15) is 29.7 Å². The largest absolute Gasteiger partial charge is 0.356 e. The minimum atomic E-state index is -3.04. The third-order valence-corrected chi connectivity index (χ3v) is 9.58. The monoisotopic (exact) mass is 519 g/mol. The second-order valence-corrected chi connectivity index (χ2v) is 13.8. The summed E-state index contributed by atoms with van der Waals surface area (Å²) in [5.74, 6) is 0.761. The van der Waals surface area contributed by atoms with Crippen LogP contribution in [0.2, 0.25) is 0 Å². The number of hydrogen-bond acceptors (Lipinski definition) is 8. The molecule has 1 atom stereocenters. The number of aryl methyl sites for hydroxylation is 2. The van der Waals surface area contributed by atoms with Crippen LogP contribution in [0.3, 0.4) is 0 Å². The number of hydrogen-bond donors (Lipinski definition) is 5. The maximum atomic E-state index is 12.8. The highest BCUT2D eigenvalue weighted by Crippen LogP contribution is 2.55. The van der Waals surface area contributed by atoms with Gasteiger partial charge in [-0.25, -0.2) is 18.4 Å². The molecule has 2 aliphatic rings. The summed E-state index contributed by atoms with van der Waals surface area (Å²) in [4.78, 5) is 25.6. The summed E-state index contributed by atoms with van der Waals surface area (Å²) in [5, 5.41) is 7.09. The van der Waals surface area contributed by atoms with E-state index in [1.807, 2.05) is 12.1 Å². The normalized spacial score (nSPS) is 19.7. The molecule has 188 valence electrons. The SMILES string of the molecule is CS(=O)(=O)CCCNC(=O)[C@H]1CCc2[nH]c3ncnc(Nc4ccc5c(c4)CCS5(O)O)c3c2C1. The maximum absolute atomic E-state index is 12.8. The van der Waals surface area contributed by atoms with Crippen LogP contribution in [0.25, 0.3) is 11.0 Å². The molecule has 3 heterocycles. The van der Waals surface area contributed by atoms with Gasteiger partial charge in [-0.2, -0.15) is 10.6 Å². The summed E-state index contributed by atoms with van der Waals surface area (Å²) >= 11 is 0. The number of carbonyl (C=O) groups is 1. The number of anilines is 2. The first-order chi connectivity index (χ1) is 16.6. The van der Waals surface area contributed by atoms with Crippen molar-refractivity contribution < 1.29 is 22.3 Å². The zero-order valence-corrected chi connectivity index (χ0v) is 21.0. The smallest absolute Gasteiger partial charge is 0.223 e. The Labute approximate surface area is 205 Å². The molecule has 1 aliphatic heterocycles.